The highest BCUT2D eigenvalue weighted by Gasteiger charge is 2.39. The minimum Gasteiger partial charge on any atom is -0.444 e. The van der Waals surface area contributed by atoms with Crippen LogP contribution in [0, 0.1) is 0 Å². The number of amides is 1. The maximum Gasteiger partial charge on any atom is 0.451 e. The number of nitrogens with zero attached hydrogens (tertiary/aromatic N) is 3. The van der Waals surface area contributed by atoms with Crippen LogP contribution in [-0.4, -0.2) is 26.5 Å². The first kappa shape index (κ1) is 17.3. The fourth-order valence-corrected chi connectivity index (χ4v) is 2.34. The molecule has 1 unspecified atom stereocenters. The lowest BCUT2D eigenvalue weighted by atomic mass is 9.94. The van der Waals surface area contributed by atoms with Gasteiger partial charge in [0, 0.05) is 12.5 Å². The maximum absolute atomic E-state index is 12.8. The third-order valence-corrected chi connectivity index (χ3v) is 2.96. The Morgan fingerprint density at radius 1 is 1.38 bits per heavy atom. The number of carbonyl (C=O) groups is 1. The van der Waals surface area contributed by atoms with Gasteiger partial charge in [-0.15, -0.1) is 10.2 Å². The maximum atomic E-state index is 12.8. The number of halogens is 3. The topological polar surface area (TPSA) is 83.0 Å². The van der Waals surface area contributed by atoms with Crippen LogP contribution in [0.15, 0.2) is 0 Å². The lowest BCUT2D eigenvalue weighted by Gasteiger charge is -2.27. The molecule has 6 nitrogen and oxygen atoms in total. The quantitative estimate of drug-likeness (QED) is 0.906. The van der Waals surface area contributed by atoms with Crippen molar-refractivity contribution in [3.8, 4) is 0 Å². The number of rotatable bonds is 5. The van der Waals surface area contributed by atoms with Gasteiger partial charge in [0.25, 0.3) is 0 Å². The van der Waals surface area contributed by atoms with Gasteiger partial charge in [0.05, 0.1) is 0 Å². The van der Waals surface area contributed by atoms with Crippen LogP contribution in [0.4, 0.5) is 18.0 Å². The van der Waals surface area contributed by atoms with Crippen LogP contribution in [0.25, 0.3) is 0 Å². The van der Waals surface area contributed by atoms with E-state index in [2.05, 4.69) is 10.2 Å². The summed E-state index contributed by atoms with van der Waals surface area (Å²) in [4.78, 5) is 10.8. The third-order valence-electron chi connectivity index (χ3n) is 2.96. The Morgan fingerprint density at radius 2 is 1.95 bits per heavy atom. The molecule has 0 aromatic carbocycles. The summed E-state index contributed by atoms with van der Waals surface area (Å²) in [5.41, 5.74) is 4.06. The molecule has 2 N–H and O–H groups in total. The summed E-state index contributed by atoms with van der Waals surface area (Å²) in [5, 5.41) is 6.86. The Kier molecular flexibility index (Phi) is 4.85. The van der Waals surface area contributed by atoms with Crippen LogP contribution >= 0.6 is 0 Å². The molecule has 21 heavy (non-hydrogen) atoms. The van der Waals surface area contributed by atoms with E-state index in [0.717, 1.165) is 4.57 Å². The molecule has 0 saturated heterocycles. The van der Waals surface area contributed by atoms with Crippen molar-refractivity contribution >= 4 is 6.09 Å². The van der Waals surface area contributed by atoms with Gasteiger partial charge in [0.1, 0.15) is 11.4 Å². The van der Waals surface area contributed by atoms with E-state index in [1.165, 1.54) is 0 Å². The number of hydrogen-bond acceptors (Lipinski definition) is 4. The third kappa shape index (κ3) is 4.33. The Labute approximate surface area is 120 Å². The Hall–Kier alpha value is -1.80. The van der Waals surface area contributed by atoms with Crippen molar-refractivity contribution in [2.24, 2.45) is 5.73 Å². The van der Waals surface area contributed by atoms with Crippen LogP contribution in [0.2, 0.25) is 0 Å². The van der Waals surface area contributed by atoms with Crippen molar-refractivity contribution in [3.05, 3.63) is 11.6 Å². The largest absolute Gasteiger partial charge is 0.451 e. The predicted octanol–water partition coefficient (Wildman–Crippen LogP) is 2.68. The number of hydrogen-bond donors (Lipinski definition) is 1. The van der Waals surface area contributed by atoms with Crippen LogP contribution in [0.5, 0.6) is 0 Å². The molecule has 0 saturated carbocycles. The van der Waals surface area contributed by atoms with E-state index in [4.69, 9.17) is 10.5 Å². The smallest absolute Gasteiger partial charge is 0.444 e. The molecule has 0 fully saturated rings. The predicted molar refractivity (Wildman–Crippen MR) is 68.5 cm³/mol. The molecule has 1 atom stereocenters. The molecule has 0 bridgehead atoms. The van der Waals surface area contributed by atoms with Crippen molar-refractivity contribution in [1.82, 2.24) is 14.8 Å². The summed E-state index contributed by atoms with van der Waals surface area (Å²) in [7, 11) is 0. The van der Waals surface area contributed by atoms with Crippen LogP contribution < -0.4 is 5.73 Å². The average Bonchev–Trinajstić information content (AvgIpc) is 2.68. The van der Waals surface area contributed by atoms with Crippen LogP contribution in [-0.2, 0) is 17.5 Å². The first-order valence-electron chi connectivity index (χ1n) is 6.46. The van der Waals surface area contributed by atoms with E-state index < -0.39 is 23.7 Å². The number of alkyl halides is 3. The second-order valence-electron chi connectivity index (χ2n) is 5.41. The van der Waals surface area contributed by atoms with Crippen LogP contribution in [0.3, 0.4) is 0 Å². The molecule has 1 heterocycles. The van der Waals surface area contributed by atoms with Crippen molar-refractivity contribution < 1.29 is 22.7 Å². The van der Waals surface area contributed by atoms with E-state index >= 15 is 0 Å². The number of carbonyl (C=O) groups excluding carboxylic acids is 1. The van der Waals surface area contributed by atoms with E-state index in [1.807, 2.05) is 0 Å². The van der Waals surface area contributed by atoms with Gasteiger partial charge in [0.15, 0.2) is 0 Å². The molecule has 9 heteroatoms. The lowest BCUT2D eigenvalue weighted by Crippen LogP contribution is -2.33. The molecule has 1 aromatic rings. The van der Waals surface area contributed by atoms with E-state index in [0.29, 0.717) is 0 Å². The van der Waals surface area contributed by atoms with E-state index in [1.54, 1.807) is 27.7 Å². The van der Waals surface area contributed by atoms with E-state index in [-0.39, 0.29) is 24.7 Å². The molecule has 0 radical (unpaired) electrons. The normalized spacial score (nSPS) is 14.0. The Bertz CT molecular complexity index is 511. The second kappa shape index (κ2) is 5.90. The standard InChI is InChI=1S/C12H19F3N4O2/c1-5-19-8(17-18-9(19)12(13,14)15)7(2)6-11(3,4)21-10(16)20/h7H,5-6H2,1-4H3,(H2,16,20). The Morgan fingerprint density at radius 3 is 2.38 bits per heavy atom. The summed E-state index contributed by atoms with van der Waals surface area (Å²) in [6.45, 7) is 6.64. The molecule has 120 valence electrons. The molecule has 0 aliphatic carbocycles. The van der Waals surface area contributed by atoms with Crippen molar-refractivity contribution in [2.75, 3.05) is 0 Å². The summed E-state index contributed by atoms with van der Waals surface area (Å²) < 4.78 is 44.4. The summed E-state index contributed by atoms with van der Waals surface area (Å²) in [6.07, 6.45) is -5.22. The average molecular weight is 308 g/mol. The first-order chi connectivity index (χ1) is 9.48. The number of aromatic nitrogens is 3. The van der Waals surface area contributed by atoms with Crippen molar-refractivity contribution in [3.63, 3.8) is 0 Å². The highest BCUT2D eigenvalue weighted by Crippen LogP contribution is 2.32. The van der Waals surface area contributed by atoms with Gasteiger partial charge in [-0.2, -0.15) is 13.2 Å². The fourth-order valence-electron chi connectivity index (χ4n) is 2.34. The van der Waals surface area contributed by atoms with Crippen LogP contribution in [0.1, 0.15) is 51.7 Å². The number of nitrogens with two attached hydrogens (primary N) is 1. The minimum atomic E-state index is -4.56. The molecular weight excluding hydrogens is 289 g/mol. The summed E-state index contributed by atoms with van der Waals surface area (Å²) in [6, 6.07) is 0. The van der Waals surface area contributed by atoms with E-state index in [9.17, 15) is 18.0 Å². The summed E-state index contributed by atoms with van der Waals surface area (Å²) >= 11 is 0. The molecule has 1 rings (SSSR count). The molecule has 1 aromatic heterocycles. The number of primary amides is 1. The monoisotopic (exact) mass is 308 g/mol. The summed E-state index contributed by atoms with van der Waals surface area (Å²) in [5.74, 6) is -1.21. The molecule has 0 aliphatic rings. The second-order valence-corrected chi connectivity index (χ2v) is 5.41. The van der Waals surface area contributed by atoms with Gasteiger partial charge < -0.3 is 15.0 Å². The molecule has 0 aliphatic heterocycles. The van der Waals surface area contributed by atoms with Crippen molar-refractivity contribution in [1.29, 1.82) is 0 Å². The molecular formula is C12H19F3N4O2. The number of ether oxygens (including phenoxy) is 1. The highest BCUT2D eigenvalue weighted by atomic mass is 19.4. The van der Waals surface area contributed by atoms with Gasteiger partial charge in [-0.05, 0) is 27.2 Å². The minimum absolute atomic E-state index is 0.0959. The Balaban J connectivity index is 3.01. The lowest BCUT2D eigenvalue weighted by molar-refractivity contribution is -0.147. The zero-order valence-corrected chi connectivity index (χ0v) is 12.4. The SMILES string of the molecule is CCn1c(C(C)CC(C)(C)OC(N)=O)nnc1C(F)(F)F. The van der Waals surface area contributed by atoms with Gasteiger partial charge >= 0.3 is 12.3 Å². The fraction of sp³-hybridized carbons (Fsp3) is 0.750. The van der Waals surface area contributed by atoms with Gasteiger partial charge in [-0.3, -0.25) is 0 Å². The zero-order chi connectivity index (χ0) is 16.4. The molecule has 1 amide bonds. The van der Waals surface area contributed by atoms with Gasteiger partial charge in [0.2, 0.25) is 5.82 Å². The van der Waals surface area contributed by atoms with Gasteiger partial charge in [-0.25, -0.2) is 4.79 Å². The molecule has 0 spiro atoms. The van der Waals surface area contributed by atoms with Crippen molar-refractivity contribution in [2.45, 2.75) is 58.4 Å². The first-order valence-corrected chi connectivity index (χ1v) is 6.46. The van der Waals surface area contributed by atoms with Gasteiger partial charge in [-0.1, -0.05) is 6.92 Å². The highest BCUT2D eigenvalue weighted by molar-refractivity contribution is 5.65. The zero-order valence-electron chi connectivity index (χ0n) is 12.4.